The van der Waals surface area contributed by atoms with E-state index in [1.807, 2.05) is 0 Å². The molecule has 9 heteroatoms. The van der Waals surface area contributed by atoms with Crippen LogP contribution in [0, 0.1) is 5.82 Å². The smallest absolute Gasteiger partial charge is 0.343 e. The summed E-state index contributed by atoms with van der Waals surface area (Å²) in [5.74, 6) is -3.07. The zero-order valence-corrected chi connectivity index (χ0v) is 16.6. The number of carbonyl (C=O) groups excluding carboxylic acids is 3. The number of amides is 2. The Hall–Kier alpha value is -4.04. The Balaban J connectivity index is 1.61. The quantitative estimate of drug-likeness (QED) is 0.208. The van der Waals surface area contributed by atoms with E-state index in [0.29, 0.717) is 11.1 Å². The van der Waals surface area contributed by atoms with E-state index >= 15 is 0 Å². The highest BCUT2D eigenvalue weighted by atomic mass is 35.5. The fourth-order valence-corrected chi connectivity index (χ4v) is 2.57. The van der Waals surface area contributed by atoms with Crippen molar-refractivity contribution in [2.24, 2.45) is 5.10 Å². The Morgan fingerprint density at radius 1 is 0.935 bits per heavy atom. The first-order valence-electron chi connectivity index (χ1n) is 8.90. The molecule has 0 unspecified atom stereocenters. The number of esters is 1. The first-order valence-corrected chi connectivity index (χ1v) is 9.27. The number of ether oxygens (including phenoxy) is 1. The third-order valence-corrected chi connectivity index (χ3v) is 4.17. The normalized spacial score (nSPS) is 10.5. The molecule has 0 saturated heterocycles. The van der Waals surface area contributed by atoms with Crippen molar-refractivity contribution in [1.29, 1.82) is 0 Å². The van der Waals surface area contributed by atoms with Crippen LogP contribution in [0.15, 0.2) is 77.9 Å². The summed E-state index contributed by atoms with van der Waals surface area (Å²) >= 11 is 5.63. The molecule has 0 saturated carbocycles. The molecule has 3 rings (SSSR count). The Labute approximate surface area is 181 Å². The molecule has 0 heterocycles. The molecule has 0 radical (unpaired) electrons. The fourth-order valence-electron chi connectivity index (χ4n) is 2.39. The lowest BCUT2D eigenvalue weighted by Gasteiger charge is -2.07. The van der Waals surface area contributed by atoms with Gasteiger partial charge in [0.2, 0.25) is 0 Å². The molecule has 0 atom stereocenters. The maximum absolute atomic E-state index is 13.2. The van der Waals surface area contributed by atoms with Crippen LogP contribution in [0.4, 0.5) is 10.1 Å². The zero-order chi connectivity index (χ0) is 22.2. The van der Waals surface area contributed by atoms with Crippen molar-refractivity contribution in [3.63, 3.8) is 0 Å². The molecule has 2 amide bonds. The number of rotatable bonds is 5. The number of para-hydroxylation sites is 1. The van der Waals surface area contributed by atoms with Gasteiger partial charge in [0.05, 0.1) is 16.8 Å². The van der Waals surface area contributed by atoms with Gasteiger partial charge in [0.15, 0.2) is 0 Å². The van der Waals surface area contributed by atoms with Crippen molar-refractivity contribution < 1.29 is 23.5 Å². The Kier molecular flexibility index (Phi) is 7.08. The number of carbonyl (C=O) groups is 3. The zero-order valence-electron chi connectivity index (χ0n) is 15.8. The number of hydrogen-bond donors (Lipinski definition) is 2. The maximum atomic E-state index is 13.2. The molecule has 0 spiro atoms. The van der Waals surface area contributed by atoms with Gasteiger partial charge in [0, 0.05) is 11.3 Å². The van der Waals surface area contributed by atoms with Crippen LogP contribution < -0.4 is 15.5 Å². The standard InChI is InChI=1S/C22H15ClFN3O4/c23-17-12-16(10-11-18(17)24)26-20(28)21(29)27-25-13-15-8-4-5-9-19(15)31-22(30)14-6-2-1-3-7-14/h1-13H,(H,26,28)(H,27,29)/b25-13+. The minimum atomic E-state index is -1.06. The average Bonchev–Trinajstić information content (AvgIpc) is 2.78. The summed E-state index contributed by atoms with van der Waals surface area (Å²) in [7, 11) is 0. The third kappa shape index (κ3) is 5.97. The average molecular weight is 440 g/mol. The van der Waals surface area contributed by atoms with E-state index < -0.39 is 23.6 Å². The molecular formula is C22H15ClFN3O4. The second kappa shape index (κ2) is 10.1. The van der Waals surface area contributed by atoms with Gasteiger partial charge in [-0.25, -0.2) is 14.6 Å². The summed E-state index contributed by atoms with van der Waals surface area (Å²) in [6.07, 6.45) is 1.23. The monoisotopic (exact) mass is 439 g/mol. The van der Waals surface area contributed by atoms with Gasteiger partial charge in [-0.2, -0.15) is 5.10 Å². The molecule has 156 valence electrons. The first-order chi connectivity index (χ1) is 14.9. The van der Waals surface area contributed by atoms with Crippen molar-refractivity contribution in [1.82, 2.24) is 5.43 Å². The topological polar surface area (TPSA) is 96.9 Å². The SMILES string of the molecule is O=C(N/N=C/c1ccccc1OC(=O)c1ccccc1)C(=O)Nc1ccc(F)c(Cl)c1. The van der Waals surface area contributed by atoms with Crippen LogP contribution in [0.3, 0.4) is 0 Å². The summed E-state index contributed by atoms with van der Waals surface area (Å²) in [6, 6.07) is 18.5. The molecule has 0 aromatic heterocycles. The molecule has 3 aromatic carbocycles. The van der Waals surface area contributed by atoms with Crippen LogP contribution in [-0.4, -0.2) is 24.0 Å². The van der Waals surface area contributed by atoms with Crippen LogP contribution in [0.5, 0.6) is 5.75 Å². The summed E-state index contributed by atoms with van der Waals surface area (Å²) in [5.41, 5.74) is 2.98. The van der Waals surface area contributed by atoms with Gasteiger partial charge in [0.25, 0.3) is 0 Å². The van der Waals surface area contributed by atoms with Crippen LogP contribution >= 0.6 is 11.6 Å². The van der Waals surface area contributed by atoms with Gasteiger partial charge < -0.3 is 10.1 Å². The van der Waals surface area contributed by atoms with Crippen molar-refractivity contribution in [2.45, 2.75) is 0 Å². The molecule has 7 nitrogen and oxygen atoms in total. The van der Waals surface area contributed by atoms with E-state index in [0.717, 1.165) is 6.07 Å². The molecule has 0 aliphatic heterocycles. The van der Waals surface area contributed by atoms with Crippen molar-refractivity contribution in [3.05, 3.63) is 94.8 Å². The highest BCUT2D eigenvalue weighted by Crippen LogP contribution is 2.19. The Morgan fingerprint density at radius 2 is 1.65 bits per heavy atom. The molecule has 0 fully saturated rings. The van der Waals surface area contributed by atoms with E-state index in [-0.39, 0.29) is 16.5 Å². The van der Waals surface area contributed by atoms with E-state index in [4.69, 9.17) is 16.3 Å². The van der Waals surface area contributed by atoms with Gasteiger partial charge in [-0.05, 0) is 42.5 Å². The van der Waals surface area contributed by atoms with Crippen LogP contribution in [0.2, 0.25) is 5.02 Å². The predicted octanol–water partition coefficient (Wildman–Crippen LogP) is 3.79. The number of halogens is 2. The van der Waals surface area contributed by atoms with Gasteiger partial charge in [-0.3, -0.25) is 9.59 Å². The predicted molar refractivity (Wildman–Crippen MR) is 114 cm³/mol. The highest BCUT2D eigenvalue weighted by molar-refractivity contribution is 6.39. The summed E-state index contributed by atoms with van der Waals surface area (Å²) in [6.45, 7) is 0. The lowest BCUT2D eigenvalue weighted by Crippen LogP contribution is -2.32. The van der Waals surface area contributed by atoms with E-state index in [2.05, 4.69) is 15.8 Å². The minimum absolute atomic E-state index is 0.147. The number of benzene rings is 3. The largest absolute Gasteiger partial charge is 0.422 e. The minimum Gasteiger partial charge on any atom is -0.422 e. The number of nitrogens with one attached hydrogen (secondary N) is 2. The van der Waals surface area contributed by atoms with E-state index in [9.17, 15) is 18.8 Å². The van der Waals surface area contributed by atoms with E-state index in [1.54, 1.807) is 54.6 Å². The third-order valence-electron chi connectivity index (χ3n) is 3.88. The summed E-state index contributed by atoms with van der Waals surface area (Å²) < 4.78 is 18.5. The Bertz CT molecular complexity index is 1150. The molecule has 0 bridgehead atoms. The number of hydrazone groups is 1. The van der Waals surface area contributed by atoms with Gasteiger partial charge in [-0.1, -0.05) is 41.9 Å². The lowest BCUT2D eigenvalue weighted by molar-refractivity contribution is -0.136. The van der Waals surface area contributed by atoms with Crippen molar-refractivity contribution in [2.75, 3.05) is 5.32 Å². The molecule has 2 N–H and O–H groups in total. The maximum Gasteiger partial charge on any atom is 0.343 e. The highest BCUT2D eigenvalue weighted by Gasteiger charge is 2.14. The second-order valence-corrected chi connectivity index (χ2v) is 6.48. The number of nitrogens with zero attached hydrogens (tertiary/aromatic N) is 1. The molecule has 0 aliphatic rings. The van der Waals surface area contributed by atoms with Crippen LogP contribution in [-0.2, 0) is 9.59 Å². The molecular weight excluding hydrogens is 425 g/mol. The van der Waals surface area contributed by atoms with Gasteiger partial charge in [-0.15, -0.1) is 0 Å². The summed E-state index contributed by atoms with van der Waals surface area (Å²) in [4.78, 5) is 36.1. The van der Waals surface area contributed by atoms with Crippen molar-refractivity contribution in [3.8, 4) is 5.75 Å². The van der Waals surface area contributed by atoms with E-state index in [1.165, 1.54) is 18.3 Å². The number of hydrogen-bond acceptors (Lipinski definition) is 5. The van der Waals surface area contributed by atoms with Gasteiger partial charge in [0.1, 0.15) is 11.6 Å². The summed E-state index contributed by atoms with van der Waals surface area (Å²) in [5, 5.41) is 5.79. The van der Waals surface area contributed by atoms with Crippen LogP contribution in [0.1, 0.15) is 15.9 Å². The molecule has 0 aliphatic carbocycles. The second-order valence-electron chi connectivity index (χ2n) is 6.08. The fraction of sp³-hybridized carbons (Fsp3) is 0. The Morgan fingerprint density at radius 3 is 2.39 bits per heavy atom. The molecule has 31 heavy (non-hydrogen) atoms. The molecule has 3 aromatic rings. The van der Waals surface area contributed by atoms with Crippen LogP contribution in [0.25, 0.3) is 0 Å². The first kappa shape index (κ1) is 21.7. The van der Waals surface area contributed by atoms with Gasteiger partial charge >= 0.3 is 17.8 Å². The number of anilines is 1. The van der Waals surface area contributed by atoms with Crippen molar-refractivity contribution >= 4 is 41.3 Å². The lowest BCUT2D eigenvalue weighted by atomic mass is 10.2.